The van der Waals surface area contributed by atoms with Gasteiger partial charge in [-0.25, -0.2) is 18.1 Å². The fraction of sp³-hybridized carbons (Fsp3) is 0.417. The lowest BCUT2D eigenvalue weighted by Crippen LogP contribution is -2.22. The summed E-state index contributed by atoms with van der Waals surface area (Å²) in [5.74, 6) is 0. The van der Waals surface area contributed by atoms with Gasteiger partial charge in [0, 0.05) is 9.75 Å². The summed E-state index contributed by atoms with van der Waals surface area (Å²) in [4.78, 5) is 6.52. The van der Waals surface area contributed by atoms with Gasteiger partial charge >= 0.3 is 0 Å². The molecule has 0 saturated heterocycles. The maximum Gasteiger partial charge on any atom is 0.250 e. The molecule has 2 rings (SSSR count). The van der Waals surface area contributed by atoms with Gasteiger partial charge in [-0.2, -0.15) is 0 Å². The minimum Gasteiger partial charge on any atom is -0.245 e. The number of nitrogens with one attached hydrogen (secondary N) is 1. The number of thiazole rings is 1. The molecule has 0 aliphatic rings. The number of aromatic nitrogens is 1. The van der Waals surface area contributed by atoms with Crippen LogP contribution in [0.1, 0.15) is 27.4 Å². The summed E-state index contributed by atoms with van der Waals surface area (Å²) in [7, 11) is -3.42. The van der Waals surface area contributed by atoms with Gasteiger partial charge in [0.05, 0.1) is 12.2 Å². The molecule has 0 fully saturated rings. The number of nitrogens with zero attached hydrogens (tertiary/aromatic N) is 1. The molecule has 0 spiro atoms. The van der Waals surface area contributed by atoms with Gasteiger partial charge in [-0.05, 0) is 32.4 Å². The number of thiophene rings is 1. The van der Waals surface area contributed by atoms with Crippen LogP contribution in [0.3, 0.4) is 0 Å². The van der Waals surface area contributed by atoms with E-state index in [1.807, 2.05) is 26.8 Å². The second-order valence-electron chi connectivity index (χ2n) is 4.15. The Balaban J connectivity index is 2.09. The summed E-state index contributed by atoms with van der Waals surface area (Å²) >= 11 is 2.84. The van der Waals surface area contributed by atoms with Crippen LogP contribution in [0.4, 0.5) is 0 Å². The minimum atomic E-state index is -3.42. The van der Waals surface area contributed by atoms with Crippen molar-refractivity contribution in [1.29, 1.82) is 0 Å². The largest absolute Gasteiger partial charge is 0.250 e. The van der Waals surface area contributed by atoms with Crippen LogP contribution in [0.2, 0.25) is 0 Å². The molecule has 4 nitrogen and oxygen atoms in total. The Labute approximate surface area is 121 Å². The van der Waals surface area contributed by atoms with Crippen molar-refractivity contribution in [3.05, 3.63) is 32.6 Å². The van der Waals surface area contributed by atoms with Gasteiger partial charge in [0.25, 0.3) is 0 Å². The summed E-state index contributed by atoms with van der Waals surface area (Å²) in [6.07, 6.45) is 0.852. The molecule has 0 radical (unpaired) electrons. The summed E-state index contributed by atoms with van der Waals surface area (Å²) in [5.41, 5.74) is 0.962. The Bertz CT molecular complexity index is 651. The standard InChI is InChI=1S/C12H16N2O2S3/c1-4-10-5-6-12(18-10)19(15,16)13-7-11-14-8(2)9(3)17-11/h5-6,13H,4,7H2,1-3H3. The van der Waals surface area contributed by atoms with Crippen LogP contribution in [0.15, 0.2) is 16.3 Å². The van der Waals surface area contributed by atoms with Crippen LogP contribution in [0, 0.1) is 13.8 Å². The Morgan fingerprint density at radius 1 is 1.26 bits per heavy atom. The third kappa shape index (κ3) is 3.42. The van der Waals surface area contributed by atoms with Crippen molar-refractivity contribution in [2.75, 3.05) is 0 Å². The summed E-state index contributed by atoms with van der Waals surface area (Å²) < 4.78 is 27.2. The van der Waals surface area contributed by atoms with E-state index in [1.54, 1.807) is 6.07 Å². The smallest absolute Gasteiger partial charge is 0.245 e. The molecule has 0 aromatic carbocycles. The molecule has 7 heteroatoms. The average Bonchev–Trinajstić information content (AvgIpc) is 2.95. The first-order valence-electron chi connectivity index (χ1n) is 5.93. The second kappa shape index (κ2) is 5.70. The van der Waals surface area contributed by atoms with Crippen LogP contribution in [0.25, 0.3) is 0 Å². The van der Waals surface area contributed by atoms with Crippen LogP contribution in [-0.2, 0) is 23.0 Å². The molecule has 0 aliphatic carbocycles. The molecular weight excluding hydrogens is 300 g/mol. The molecule has 0 amide bonds. The first-order valence-corrected chi connectivity index (χ1v) is 9.05. The fourth-order valence-corrected chi connectivity index (χ4v) is 4.83. The zero-order valence-electron chi connectivity index (χ0n) is 11.1. The second-order valence-corrected chi connectivity index (χ2v) is 8.60. The lowest BCUT2D eigenvalue weighted by atomic mass is 10.4. The van der Waals surface area contributed by atoms with E-state index in [2.05, 4.69) is 9.71 Å². The number of aryl methyl sites for hydroxylation is 3. The van der Waals surface area contributed by atoms with Gasteiger partial charge in [-0.1, -0.05) is 6.92 Å². The molecule has 0 atom stereocenters. The molecule has 0 aliphatic heterocycles. The monoisotopic (exact) mass is 316 g/mol. The normalized spacial score (nSPS) is 11.9. The first kappa shape index (κ1) is 14.6. The maximum absolute atomic E-state index is 12.1. The van der Waals surface area contributed by atoms with Crippen molar-refractivity contribution < 1.29 is 8.42 Å². The number of hydrogen-bond donors (Lipinski definition) is 1. The molecule has 0 saturated carbocycles. The predicted molar refractivity (Wildman–Crippen MR) is 79.3 cm³/mol. The zero-order valence-corrected chi connectivity index (χ0v) is 13.5. The molecule has 2 aromatic heterocycles. The highest BCUT2D eigenvalue weighted by atomic mass is 32.2. The SMILES string of the molecule is CCc1ccc(S(=O)(=O)NCc2nc(C)c(C)s2)s1. The van der Waals surface area contributed by atoms with Gasteiger partial charge in [0.2, 0.25) is 10.0 Å². The summed E-state index contributed by atoms with van der Waals surface area (Å²) in [6, 6.07) is 3.51. The third-order valence-electron chi connectivity index (χ3n) is 2.74. The van der Waals surface area contributed by atoms with E-state index in [0.717, 1.165) is 26.9 Å². The highest BCUT2D eigenvalue weighted by Crippen LogP contribution is 2.22. The molecule has 104 valence electrons. The lowest BCUT2D eigenvalue weighted by Gasteiger charge is -2.02. The highest BCUT2D eigenvalue weighted by Gasteiger charge is 2.17. The van der Waals surface area contributed by atoms with Crippen molar-refractivity contribution in [1.82, 2.24) is 9.71 Å². The molecule has 2 heterocycles. The Morgan fingerprint density at radius 2 is 2.00 bits per heavy atom. The van der Waals surface area contributed by atoms with Crippen molar-refractivity contribution in [2.24, 2.45) is 0 Å². The Hall–Kier alpha value is -0.760. The molecule has 19 heavy (non-hydrogen) atoms. The van der Waals surface area contributed by atoms with Crippen molar-refractivity contribution in [2.45, 2.75) is 37.9 Å². The van der Waals surface area contributed by atoms with Crippen molar-refractivity contribution in [3.8, 4) is 0 Å². The van der Waals surface area contributed by atoms with Gasteiger partial charge in [-0.15, -0.1) is 22.7 Å². The molecule has 1 N–H and O–H groups in total. The highest BCUT2D eigenvalue weighted by molar-refractivity contribution is 7.91. The quantitative estimate of drug-likeness (QED) is 0.922. The van der Waals surface area contributed by atoms with Crippen LogP contribution >= 0.6 is 22.7 Å². The van der Waals surface area contributed by atoms with Crippen LogP contribution < -0.4 is 4.72 Å². The van der Waals surface area contributed by atoms with E-state index in [9.17, 15) is 8.42 Å². The van der Waals surface area contributed by atoms with E-state index >= 15 is 0 Å². The molecular formula is C12H16N2O2S3. The number of hydrogen-bond acceptors (Lipinski definition) is 5. The van der Waals surface area contributed by atoms with Gasteiger partial charge in [0.15, 0.2) is 0 Å². The summed E-state index contributed by atoms with van der Waals surface area (Å²) in [6.45, 7) is 6.17. The fourth-order valence-electron chi connectivity index (χ4n) is 1.54. The zero-order chi connectivity index (χ0) is 14.0. The maximum atomic E-state index is 12.1. The van der Waals surface area contributed by atoms with E-state index in [-0.39, 0.29) is 6.54 Å². The molecule has 0 bridgehead atoms. The van der Waals surface area contributed by atoms with Gasteiger partial charge in [0.1, 0.15) is 9.22 Å². The summed E-state index contributed by atoms with van der Waals surface area (Å²) in [5, 5.41) is 0.797. The van der Waals surface area contributed by atoms with Crippen molar-refractivity contribution >= 4 is 32.7 Å². The topological polar surface area (TPSA) is 59.1 Å². The third-order valence-corrected chi connectivity index (χ3v) is 6.93. The van der Waals surface area contributed by atoms with Crippen molar-refractivity contribution in [3.63, 3.8) is 0 Å². The van der Waals surface area contributed by atoms with E-state index in [4.69, 9.17) is 0 Å². The number of sulfonamides is 1. The Morgan fingerprint density at radius 3 is 2.53 bits per heavy atom. The predicted octanol–water partition coefficient (Wildman–Crippen LogP) is 2.86. The van der Waals surface area contributed by atoms with Crippen LogP contribution in [0.5, 0.6) is 0 Å². The molecule has 0 unspecified atom stereocenters. The van der Waals surface area contributed by atoms with Gasteiger partial charge < -0.3 is 0 Å². The average molecular weight is 316 g/mol. The molecule has 2 aromatic rings. The van der Waals surface area contributed by atoms with E-state index < -0.39 is 10.0 Å². The first-order chi connectivity index (χ1) is 8.92. The minimum absolute atomic E-state index is 0.251. The van der Waals surface area contributed by atoms with E-state index in [0.29, 0.717) is 4.21 Å². The van der Waals surface area contributed by atoms with Crippen LogP contribution in [-0.4, -0.2) is 13.4 Å². The number of rotatable bonds is 5. The van der Waals surface area contributed by atoms with Gasteiger partial charge in [-0.3, -0.25) is 0 Å². The Kier molecular flexibility index (Phi) is 4.39. The van der Waals surface area contributed by atoms with E-state index in [1.165, 1.54) is 22.7 Å². The lowest BCUT2D eigenvalue weighted by molar-refractivity contribution is 0.583.